The fourth-order valence-electron chi connectivity index (χ4n) is 2.86. The lowest BCUT2D eigenvalue weighted by Crippen LogP contribution is -2.30. The zero-order chi connectivity index (χ0) is 18.5. The van der Waals surface area contributed by atoms with Crippen molar-refractivity contribution >= 4 is 28.7 Å². The van der Waals surface area contributed by atoms with Gasteiger partial charge in [0, 0.05) is 7.05 Å². The van der Waals surface area contributed by atoms with Gasteiger partial charge in [-0.05, 0) is 17.9 Å². The van der Waals surface area contributed by atoms with Crippen molar-refractivity contribution in [1.29, 1.82) is 0 Å². The molecule has 6 nitrogen and oxygen atoms in total. The van der Waals surface area contributed by atoms with E-state index in [1.54, 1.807) is 10.9 Å². The fourth-order valence-corrected chi connectivity index (χ4v) is 3.63. The summed E-state index contributed by atoms with van der Waals surface area (Å²) in [6.45, 7) is 4.33. The van der Waals surface area contributed by atoms with Crippen LogP contribution in [0.1, 0.15) is 31.9 Å². The zero-order valence-electron chi connectivity index (χ0n) is 15.2. The Morgan fingerprint density at radius 3 is 2.73 bits per heavy atom. The minimum Gasteiger partial charge on any atom is -0.349 e. The van der Waals surface area contributed by atoms with Crippen LogP contribution < -0.4 is 5.32 Å². The molecule has 0 bridgehead atoms. The molecule has 2 heterocycles. The van der Waals surface area contributed by atoms with Crippen molar-refractivity contribution in [2.45, 2.75) is 31.3 Å². The highest BCUT2D eigenvalue weighted by Crippen LogP contribution is 2.25. The molecule has 0 aliphatic carbocycles. The van der Waals surface area contributed by atoms with E-state index in [0.717, 1.165) is 28.0 Å². The lowest BCUT2D eigenvalue weighted by molar-refractivity contribution is -0.119. The Balaban J connectivity index is 1.66. The maximum atomic E-state index is 12.5. The van der Waals surface area contributed by atoms with Crippen LogP contribution in [-0.2, 0) is 11.8 Å². The van der Waals surface area contributed by atoms with E-state index in [1.807, 2.05) is 25.2 Å². The normalized spacial score (nSPS) is 12.5. The molecule has 0 aliphatic rings. The van der Waals surface area contributed by atoms with Crippen LogP contribution in [0.2, 0.25) is 0 Å². The average molecular weight is 369 g/mol. The van der Waals surface area contributed by atoms with E-state index in [1.165, 1.54) is 18.1 Å². The lowest BCUT2D eigenvalue weighted by Gasteiger charge is -2.21. The number of carbonyl (C=O) groups is 1. The Labute approximate surface area is 157 Å². The van der Waals surface area contributed by atoms with Crippen LogP contribution >= 0.6 is 11.8 Å². The summed E-state index contributed by atoms with van der Waals surface area (Å²) in [6, 6.07) is 10.1. The molecule has 1 atom stereocenters. The number of amides is 1. The summed E-state index contributed by atoms with van der Waals surface area (Å²) in [4.78, 5) is 21.0. The molecule has 0 unspecified atom stereocenters. The highest BCUT2D eigenvalue weighted by Gasteiger charge is 2.17. The summed E-state index contributed by atoms with van der Waals surface area (Å²) in [7, 11) is 1.84. The lowest BCUT2D eigenvalue weighted by atomic mass is 9.97. The minimum absolute atomic E-state index is 0.000144. The van der Waals surface area contributed by atoms with Gasteiger partial charge >= 0.3 is 0 Å². The summed E-state index contributed by atoms with van der Waals surface area (Å²) in [5.74, 6) is 0.799. The number of carbonyl (C=O) groups excluding carboxylic acids is 1. The molecule has 7 heteroatoms. The van der Waals surface area contributed by atoms with Gasteiger partial charge in [0.25, 0.3) is 0 Å². The molecule has 3 aromatic rings. The van der Waals surface area contributed by atoms with Gasteiger partial charge < -0.3 is 5.32 Å². The van der Waals surface area contributed by atoms with E-state index in [9.17, 15) is 4.79 Å². The summed E-state index contributed by atoms with van der Waals surface area (Å²) in [5, 5.41) is 9.01. The summed E-state index contributed by atoms with van der Waals surface area (Å²) >= 11 is 1.41. The standard InChI is InChI=1S/C19H23N5OS/c1-13(2)9-16(14-7-5-4-6-8-14)23-17(25)11-26-19-15-10-22-24(3)18(15)20-12-21-19/h4-8,10,12-13,16H,9,11H2,1-3H3,(H,23,25)/t16-/m1/s1. The molecule has 136 valence electrons. The van der Waals surface area contributed by atoms with E-state index in [-0.39, 0.29) is 11.9 Å². The summed E-state index contributed by atoms with van der Waals surface area (Å²) in [5.41, 5.74) is 1.90. The Morgan fingerprint density at radius 1 is 1.23 bits per heavy atom. The molecular formula is C19H23N5OS. The first kappa shape index (κ1) is 18.4. The van der Waals surface area contributed by atoms with E-state index in [2.05, 4.69) is 46.4 Å². The second-order valence-electron chi connectivity index (χ2n) is 6.63. The van der Waals surface area contributed by atoms with Gasteiger partial charge in [0.15, 0.2) is 5.65 Å². The summed E-state index contributed by atoms with van der Waals surface area (Å²) in [6.07, 6.45) is 4.15. The largest absolute Gasteiger partial charge is 0.349 e. The number of hydrogen-bond acceptors (Lipinski definition) is 5. The highest BCUT2D eigenvalue weighted by atomic mass is 32.2. The molecule has 26 heavy (non-hydrogen) atoms. The number of rotatable bonds is 7. The van der Waals surface area contributed by atoms with E-state index in [0.29, 0.717) is 11.7 Å². The Kier molecular flexibility index (Phi) is 5.88. The highest BCUT2D eigenvalue weighted by molar-refractivity contribution is 8.00. The van der Waals surface area contributed by atoms with Crippen LogP contribution in [0, 0.1) is 5.92 Å². The van der Waals surface area contributed by atoms with E-state index < -0.39 is 0 Å². The molecule has 0 fully saturated rings. The number of nitrogens with zero attached hydrogens (tertiary/aromatic N) is 4. The van der Waals surface area contributed by atoms with Crippen molar-refractivity contribution < 1.29 is 4.79 Å². The number of aromatic nitrogens is 4. The van der Waals surface area contributed by atoms with Crippen molar-refractivity contribution in [3.8, 4) is 0 Å². The molecule has 3 rings (SSSR count). The number of hydrogen-bond donors (Lipinski definition) is 1. The predicted molar refractivity (Wildman–Crippen MR) is 104 cm³/mol. The first-order valence-electron chi connectivity index (χ1n) is 8.64. The van der Waals surface area contributed by atoms with Crippen LogP contribution in [-0.4, -0.2) is 31.4 Å². The van der Waals surface area contributed by atoms with Crippen LogP contribution in [0.25, 0.3) is 11.0 Å². The number of aryl methyl sites for hydroxylation is 1. The molecular weight excluding hydrogens is 346 g/mol. The predicted octanol–water partition coefficient (Wildman–Crippen LogP) is 3.36. The van der Waals surface area contributed by atoms with Crippen molar-refractivity contribution in [1.82, 2.24) is 25.1 Å². The molecule has 0 aliphatic heterocycles. The number of benzene rings is 1. The van der Waals surface area contributed by atoms with Crippen molar-refractivity contribution in [3.05, 3.63) is 48.4 Å². The van der Waals surface area contributed by atoms with Gasteiger partial charge in [0.2, 0.25) is 5.91 Å². The third-order valence-corrected chi connectivity index (χ3v) is 5.08. The van der Waals surface area contributed by atoms with Crippen molar-refractivity contribution in [3.63, 3.8) is 0 Å². The van der Waals surface area contributed by atoms with Gasteiger partial charge in [-0.15, -0.1) is 0 Å². The maximum Gasteiger partial charge on any atom is 0.230 e. The maximum absolute atomic E-state index is 12.5. The third kappa shape index (κ3) is 4.40. The Bertz CT molecular complexity index is 878. The molecule has 0 saturated carbocycles. The van der Waals surface area contributed by atoms with Crippen LogP contribution in [0.5, 0.6) is 0 Å². The molecule has 1 N–H and O–H groups in total. The smallest absolute Gasteiger partial charge is 0.230 e. The fraction of sp³-hybridized carbons (Fsp3) is 0.368. The van der Waals surface area contributed by atoms with Gasteiger partial charge in [-0.1, -0.05) is 55.9 Å². The van der Waals surface area contributed by atoms with E-state index in [4.69, 9.17) is 0 Å². The number of thioether (sulfide) groups is 1. The minimum atomic E-state index is 0.000144. The van der Waals surface area contributed by atoms with Gasteiger partial charge in [-0.2, -0.15) is 5.10 Å². The molecule has 0 saturated heterocycles. The van der Waals surface area contributed by atoms with Crippen molar-refractivity contribution in [2.24, 2.45) is 13.0 Å². The molecule has 0 spiro atoms. The van der Waals surface area contributed by atoms with Crippen LogP contribution in [0.4, 0.5) is 0 Å². The SMILES string of the molecule is CC(C)C[C@@H](NC(=O)CSc1ncnc2c1cnn2C)c1ccccc1. The van der Waals surface area contributed by atoms with Gasteiger partial charge in [0.05, 0.1) is 23.4 Å². The topological polar surface area (TPSA) is 72.7 Å². The average Bonchev–Trinajstić information content (AvgIpc) is 3.02. The molecule has 1 amide bonds. The second-order valence-corrected chi connectivity index (χ2v) is 7.60. The van der Waals surface area contributed by atoms with Crippen LogP contribution in [0.3, 0.4) is 0 Å². The molecule has 2 aromatic heterocycles. The molecule has 1 aromatic carbocycles. The Morgan fingerprint density at radius 2 is 2.00 bits per heavy atom. The van der Waals surface area contributed by atoms with Gasteiger partial charge in [-0.25, -0.2) is 9.97 Å². The van der Waals surface area contributed by atoms with Crippen molar-refractivity contribution in [2.75, 3.05) is 5.75 Å². The molecule has 0 radical (unpaired) electrons. The van der Waals surface area contributed by atoms with Crippen LogP contribution in [0.15, 0.2) is 47.9 Å². The quantitative estimate of drug-likeness (QED) is 0.511. The first-order chi connectivity index (χ1) is 12.5. The monoisotopic (exact) mass is 369 g/mol. The third-order valence-electron chi connectivity index (χ3n) is 4.08. The number of fused-ring (bicyclic) bond motifs is 1. The Hall–Kier alpha value is -2.41. The first-order valence-corrected chi connectivity index (χ1v) is 9.63. The van der Waals surface area contributed by atoms with E-state index >= 15 is 0 Å². The number of nitrogens with one attached hydrogen (secondary N) is 1. The summed E-state index contributed by atoms with van der Waals surface area (Å²) < 4.78 is 1.70. The van der Waals surface area contributed by atoms with Gasteiger partial charge in [0.1, 0.15) is 11.4 Å². The van der Waals surface area contributed by atoms with Gasteiger partial charge in [-0.3, -0.25) is 9.48 Å². The second kappa shape index (κ2) is 8.31. The zero-order valence-corrected chi connectivity index (χ0v) is 16.0.